The van der Waals surface area contributed by atoms with Gasteiger partial charge >= 0.3 is 0 Å². The first-order valence-corrected chi connectivity index (χ1v) is 7.26. The molecule has 6 heteroatoms. The fourth-order valence-corrected chi connectivity index (χ4v) is 2.31. The number of nitrogens with two attached hydrogens (primary N) is 1. The van der Waals surface area contributed by atoms with Crippen molar-refractivity contribution in [1.82, 2.24) is 10.6 Å². The standard InChI is InChI=1S/C12H21N3O2S/c1-8(2)10-3-4-11(16)14-5-6-18-7-9(13)12(17)15-10/h3-4,8-10H,5-7,13H2,1-2H3,(H,14,16)(H,15,17)/t9-,10+/m0/s1. The van der Waals surface area contributed by atoms with Crippen LogP contribution in [0.2, 0.25) is 0 Å². The number of hydrogen-bond acceptors (Lipinski definition) is 4. The Morgan fingerprint density at radius 1 is 1.44 bits per heavy atom. The lowest BCUT2D eigenvalue weighted by Crippen LogP contribution is -2.48. The molecule has 0 aliphatic carbocycles. The van der Waals surface area contributed by atoms with Crippen molar-refractivity contribution in [2.45, 2.75) is 25.9 Å². The smallest absolute Gasteiger partial charge is 0.243 e. The summed E-state index contributed by atoms with van der Waals surface area (Å²) in [6.45, 7) is 4.56. The van der Waals surface area contributed by atoms with Gasteiger partial charge in [0.25, 0.3) is 0 Å². The Kier molecular flexibility index (Phi) is 6.21. The summed E-state index contributed by atoms with van der Waals surface area (Å²) in [7, 11) is 0. The molecule has 4 N–H and O–H groups in total. The highest BCUT2D eigenvalue weighted by Gasteiger charge is 2.19. The lowest BCUT2D eigenvalue weighted by molar-refractivity contribution is -0.122. The number of rotatable bonds is 1. The summed E-state index contributed by atoms with van der Waals surface area (Å²) in [5.41, 5.74) is 5.80. The van der Waals surface area contributed by atoms with Crippen molar-refractivity contribution < 1.29 is 9.59 Å². The first-order valence-electron chi connectivity index (χ1n) is 6.10. The van der Waals surface area contributed by atoms with Crippen LogP contribution in [-0.4, -0.2) is 41.9 Å². The van der Waals surface area contributed by atoms with E-state index in [0.29, 0.717) is 12.3 Å². The molecule has 18 heavy (non-hydrogen) atoms. The minimum absolute atomic E-state index is 0.125. The van der Waals surface area contributed by atoms with E-state index in [0.717, 1.165) is 5.75 Å². The van der Waals surface area contributed by atoms with Gasteiger partial charge < -0.3 is 16.4 Å². The third kappa shape index (κ3) is 5.10. The van der Waals surface area contributed by atoms with Crippen molar-refractivity contribution >= 4 is 23.6 Å². The molecule has 2 amide bonds. The Bertz CT molecular complexity index is 331. The molecule has 1 aliphatic rings. The zero-order valence-electron chi connectivity index (χ0n) is 10.8. The van der Waals surface area contributed by atoms with Crippen LogP contribution in [0.25, 0.3) is 0 Å². The summed E-state index contributed by atoms with van der Waals surface area (Å²) in [5.74, 6) is 1.25. The lowest BCUT2D eigenvalue weighted by Gasteiger charge is -2.21. The molecule has 2 atom stereocenters. The van der Waals surface area contributed by atoms with Crippen LogP contribution in [-0.2, 0) is 9.59 Å². The maximum atomic E-state index is 11.8. The van der Waals surface area contributed by atoms with Gasteiger partial charge in [-0.05, 0) is 5.92 Å². The van der Waals surface area contributed by atoms with Crippen molar-refractivity contribution in [3.63, 3.8) is 0 Å². The zero-order chi connectivity index (χ0) is 13.5. The van der Waals surface area contributed by atoms with Gasteiger partial charge in [-0.3, -0.25) is 9.59 Å². The maximum absolute atomic E-state index is 11.8. The van der Waals surface area contributed by atoms with Gasteiger partial charge in [0.1, 0.15) is 0 Å². The quantitative estimate of drug-likeness (QED) is 0.620. The Hall–Kier alpha value is -1.01. The topological polar surface area (TPSA) is 84.2 Å². The van der Waals surface area contributed by atoms with E-state index in [2.05, 4.69) is 10.6 Å². The highest BCUT2D eigenvalue weighted by Crippen LogP contribution is 2.06. The average molecular weight is 271 g/mol. The summed E-state index contributed by atoms with van der Waals surface area (Å²) < 4.78 is 0. The molecule has 1 rings (SSSR count). The van der Waals surface area contributed by atoms with Gasteiger partial charge in [0.05, 0.1) is 6.04 Å². The predicted octanol–water partition coefficient (Wildman–Crippen LogP) is -0.126. The Morgan fingerprint density at radius 3 is 2.83 bits per heavy atom. The fraction of sp³-hybridized carbons (Fsp3) is 0.667. The van der Waals surface area contributed by atoms with Crippen LogP contribution in [0.5, 0.6) is 0 Å². The number of nitrogens with one attached hydrogen (secondary N) is 2. The molecule has 0 aromatic heterocycles. The Labute approximate surface area is 112 Å². The molecule has 0 bridgehead atoms. The van der Waals surface area contributed by atoms with Crippen molar-refractivity contribution in [3.8, 4) is 0 Å². The minimum Gasteiger partial charge on any atom is -0.352 e. The van der Waals surface area contributed by atoms with E-state index in [-0.39, 0.29) is 23.8 Å². The molecule has 0 fully saturated rings. The second-order valence-electron chi connectivity index (χ2n) is 4.61. The number of thioether (sulfide) groups is 1. The van der Waals surface area contributed by atoms with Crippen molar-refractivity contribution in [3.05, 3.63) is 12.2 Å². The summed E-state index contributed by atoms with van der Waals surface area (Å²) in [4.78, 5) is 23.3. The summed E-state index contributed by atoms with van der Waals surface area (Å²) in [6, 6.07) is -0.668. The second kappa shape index (κ2) is 7.43. The van der Waals surface area contributed by atoms with Crippen LogP contribution < -0.4 is 16.4 Å². The van der Waals surface area contributed by atoms with E-state index in [9.17, 15) is 9.59 Å². The first-order chi connectivity index (χ1) is 8.50. The van der Waals surface area contributed by atoms with E-state index in [1.807, 2.05) is 13.8 Å². The molecule has 102 valence electrons. The van der Waals surface area contributed by atoms with Crippen molar-refractivity contribution in [2.75, 3.05) is 18.1 Å². The number of carbonyl (C=O) groups is 2. The summed E-state index contributed by atoms with van der Waals surface area (Å²) >= 11 is 1.57. The maximum Gasteiger partial charge on any atom is 0.243 e. The molecule has 0 saturated carbocycles. The Balaban J connectivity index is 2.76. The van der Waals surface area contributed by atoms with E-state index in [1.165, 1.54) is 6.08 Å². The first kappa shape index (κ1) is 15.0. The summed E-state index contributed by atoms with van der Waals surface area (Å²) in [5, 5.41) is 5.65. The Morgan fingerprint density at radius 2 is 2.17 bits per heavy atom. The molecule has 5 nitrogen and oxygen atoms in total. The number of amides is 2. The molecule has 1 heterocycles. The van der Waals surface area contributed by atoms with Crippen LogP contribution in [0.4, 0.5) is 0 Å². The normalized spacial score (nSPS) is 27.1. The third-order valence-corrected chi connectivity index (χ3v) is 3.75. The van der Waals surface area contributed by atoms with Gasteiger partial charge in [0.15, 0.2) is 0 Å². The van der Waals surface area contributed by atoms with Crippen molar-refractivity contribution in [1.29, 1.82) is 0 Å². The number of carbonyl (C=O) groups excluding carboxylic acids is 2. The highest BCUT2D eigenvalue weighted by atomic mass is 32.2. The summed E-state index contributed by atoms with van der Waals surface area (Å²) in [6.07, 6.45) is 3.20. The van der Waals surface area contributed by atoms with E-state index in [4.69, 9.17) is 5.73 Å². The molecule has 1 aliphatic heterocycles. The van der Waals surface area contributed by atoms with Crippen LogP contribution in [0, 0.1) is 5.92 Å². The van der Waals surface area contributed by atoms with Crippen LogP contribution >= 0.6 is 11.8 Å². The SMILES string of the molecule is CC(C)[C@H]1C=CC(=O)NCCSC[C@H](N)C(=O)N1. The largest absolute Gasteiger partial charge is 0.352 e. The van der Waals surface area contributed by atoms with E-state index >= 15 is 0 Å². The molecule has 0 unspecified atom stereocenters. The molecule has 0 saturated heterocycles. The molecule has 0 aromatic carbocycles. The molecular formula is C12H21N3O2S. The van der Waals surface area contributed by atoms with E-state index in [1.54, 1.807) is 17.8 Å². The molecular weight excluding hydrogens is 250 g/mol. The van der Waals surface area contributed by atoms with Gasteiger partial charge in [-0.25, -0.2) is 0 Å². The highest BCUT2D eigenvalue weighted by molar-refractivity contribution is 7.99. The molecule has 0 radical (unpaired) electrons. The monoisotopic (exact) mass is 271 g/mol. The zero-order valence-corrected chi connectivity index (χ0v) is 11.6. The minimum atomic E-state index is -0.500. The molecule has 0 spiro atoms. The van der Waals surface area contributed by atoms with Gasteiger partial charge in [-0.15, -0.1) is 0 Å². The van der Waals surface area contributed by atoms with Gasteiger partial charge in [-0.2, -0.15) is 11.8 Å². The fourth-order valence-electron chi connectivity index (χ4n) is 1.49. The van der Waals surface area contributed by atoms with Gasteiger partial charge in [0.2, 0.25) is 11.8 Å². The van der Waals surface area contributed by atoms with E-state index < -0.39 is 6.04 Å². The predicted molar refractivity (Wildman–Crippen MR) is 74.2 cm³/mol. The lowest BCUT2D eigenvalue weighted by atomic mass is 10.0. The van der Waals surface area contributed by atoms with Crippen LogP contribution in [0.15, 0.2) is 12.2 Å². The van der Waals surface area contributed by atoms with Gasteiger partial charge in [-0.1, -0.05) is 19.9 Å². The number of hydrogen-bond donors (Lipinski definition) is 3. The average Bonchev–Trinajstić information content (AvgIpc) is 2.31. The van der Waals surface area contributed by atoms with Crippen molar-refractivity contribution in [2.24, 2.45) is 11.7 Å². The molecule has 0 aromatic rings. The van der Waals surface area contributed by atoms with Crippen LogP contribution in [0.3, 0.4) is 0 Å². The van der Waals surface area contributed by atoms with Gasteiger partial charge in [0, 0.05) is 30.2 Å². The third-order valence-electron chi connectivity index (χ3n) is 2.66. The van der Waals surface area contributed by atoms with Crippen LogP contribution in [0.1, 0.15) is 13.8 Å². The second-order valence-corrected chi connectivity index (χ2v) is 5.76.